The molecule has 0 amide bonds. The van der Waals surface area contributed by atoms with Gasteiger partial charge in [0.05, 0.1) is 11.9 Å². The number of nitrogens with zero attached hydrogens (tertiary/aromatic N) is 3. The number of fused-ring (bicyclic) bond motifs is 3. The Kier molecular flexibility index (Phi) is 3.47. The van der Waals surface area contributed by atoms with Crippen molar-refractivity contribution < 1.29 is 0 Å². The molecule has 0 saturated heterocycles. The molecule has 1 heterocycles. The van der Waals surface area contributed by atoms with Crippen LogP contribution in [-0.2, 0) is 0 Å². The molecule has 4 aromatic carbocycles. The molecule has 0 saturated carbocycles. The summed E-state index contributed by atoms with van der Waals surface area (Å²) >= 11 is 0. The SMILES string of the molecule is c1ccc(N(c2cnccn2)c2ccc3c4c(cccc24)-c2ccccc2-3)cc1. The van der Waals surface area contributed by atoms with Gasteiger partial charge in [-0.25, -0.2) is 4.98 Å². The molecular weight excluding hydrogens is 354 g/mol. The zero-order valence-corrected chi connectivity index (χ0v) is 15.7. The van der Waals surface area contributed by atoms with Crippen LogP contribution in [0.4, 0.5) is 17.2 Å². The second-order valence-electron chi connectivity index (χ2n) is 7.14. The highest BCUT2D eigenvalue weighted by Gasteiger charge is 2.24. The summed E-state index contributed by atoms with van der Waals surface area (Å²) in [7, 11) is 0. The lowest BCUT2D eigenvalue weighted by molar-refractivity contribution is 1.13. The van der Waals surface area contributed by atoms with E-state index in [4.69, 9.17) is 0 Å². The van der Waals surface area contributed by atoms with Crippen molar-refractivity contribution in [1.82, 2.24) is 9.97 Å². The van der Waals surface area contributed by atoms with Crippen molar-refractivity contribution >= 4 is 28.0 Å². The van der Waals surface area contributed by atoms with Gasteiger partial charge in [-0.15, -0.1) is 0 Å². The molecule has 0 atom stereocenters. The van der Waals surface area contributed by atoms with Crippen LogP contribution >= 0.6 is 0 Å². The van der Waals surface area contributed by atoms with Crippen molar-refractivity contribution in [2.45, 2.75) is 0 Å². The van der Waals surface area contributed by atoms with E-state index in [-0.39, 0.29) is 0 Å². The fourth-order valence-electron chi connectivity index (χ4n) is 4.37. The van der Waals surface area contributed by atoms with Crippen LogP contribution in [0.3, 0.4) is 0 Å². The number of hydrogen-bond donors (Lipinski definition) is 0. The van der Waals surface area contributed by atoms with Crippen molar-refractivity contribution in [3.8, 4) is 22.3 Å². The smallest absolute Gasteiger partial charge is 0.156 e. The summed E-state index contributed by atoms with van der Waals surface area (Å²) in [5, 5.41) is 2.52. The fourth-order valence-corrected chi connectivity index (χ4v) is 4.37. The first-order valence-corrected chi connectivity index (χ1v) is 9.68. The molecule has 5 aromatic rings. The van der Waals surface area contributed by atoms with Gasteiger partial charge in [0.25, 0.3) is 0 Å². The van der Waals surface area contributed by atoms with Gasteiger partial charge in [0.1, 0.15) is 0 Å². The summed E-state index contributed by atoms with van der Waals surface area (Å²) in [4.78, 5) is 11.1. The summed E-state index contributed by atoms with van der Waals surface area (Å²) in [5.41, 5.74) is 7.35. The van der Waals surface area contributed by atoms with Crippen molar-refractivity contribution in [3.05, 3.63) is 104 Å². The van der Waals surface area contributed by atoms with Gasteiger partial charge in [0.2, 0.25) is 0 Å². The summed E-state index contributed by atoms with van der Waals surface area (Å²) < 4.78 is 0. The highest BCUT2D eigenvalue weighted by Crippen LogP contribution is 2.50. The molecule has 0 fully saturated rings. The van der Waals surface area contributed by atoms with Gasteiger partial charge in [-0.05, 0) is 45.8 Å². The normalized spacial score (nSPS) is 11.4. The molecule has 0 bridgehead atoms. The van der Waals surface area contributed by atoms with Gasteiger partial charge in [-0.2, -0.15) is 0 Å². The maximum Gasteiger partial charge on any atom is 0.156 e. The quantitative estimate of drug-likeness (QED) is 0.345. The summed E-state index contributed by atoms with van der Waals surface area (Å²) in [6.07, 6.45) is 5.25. The van der Waals surface area contributed by atoms with Crippen LogP contribution in [0.5, 0.6) is 0 Å². The van der Waals surface area contributed by atoms with E-state index in [1.807, 2.05) is 12.3 Å². The predicted octanol–water partition coefficient (Wildman–Crippen LogP) is 6.75. The van der Waals surface area contributed by atoms with Gasteiger partial charge in [-0.3, -0.25) is 9.88 Å². The predicted molar refractivity (Wildman–Crippen MR) is 119 cm³/mol. The Hall–Kier alpha value is -3.98. The van der Waals surface area contributed by atoms with Gasteiger partial charge in [0, 0.05) is 23.5 Å². The molecule has 0 aliphatic heterocycles. The second-order valence-corrected chi connectivity index (χ2v) is 7.14. The Morgan fingerprint density at radius 3 is 2.07 bits per heavy atom. The van der Waals surface area contributed by atoms with E-state index in [2.05, 4.69) is 93.7 Å². The zero-order chi connectivity index (χ0) is 19.2. The lowest BCUT2D eigenvalue weighted by atomic mass is 10.0. The van der Waals surface area contributed by atoms with Crippen LogP contribution in [0.1, 0.15) is 0 Å². The third-order valence-electron chi connectivity index (χ3n) is 5.56. The molecule has 0 unspecified atom stereocenters. The molecule has 1 aliphatic carbocycles. The number of benzene rings is 4. The lowest BCUT2D eigenvalue weighted by Crippen LogP contribution is -2.12. The first-order valence-electron chi connectivity index (χ1n) is 9.68. The van der Waals surface area contributed by atoms with Crippen molar-refractivity contribution in [3.63, 3.8) is 0 Å². The van der Waals surface area contributed by atoms with Crippen LogP contribution in [-0.4, -0.2) is 9.97 Å². The van der Waals surface area contributed by atoms with Gasteiger partial charge >= 0.3 is 0 Å². The third kappa shape index (κ3) is 2.38. The molecule has 0 radical (unpaired) electrons. The van der Waals surface area contributed by atoms with E-state index in [1.54, 1.807) is 12.4 Å². The summed E-state index contributed by atoms with van der Waals surface area (Å²) in [5.74, 6) is 0.801. The largest absolute Gasteiger partial charge is 0.293 e. The van der Waals surface area contributed by atoms with Crippen LogP contribution in [0.15, 0.2) is 104 Å². The molecular formula is C26H17N3. The Morgan fingerprint density at radius 2 is 1.31 bits per heavy atom. The lowest BCUT2D eigenvalue weighted by Gasteiger charge is -2.25. The standard InChI is InChI=1S/C26H17N3/c1-2-7-18(8-3-1)29(25-17-27-15-16-28-25)24-14-13-22-20-10-5-4-9-19(20)21-11-6-12-23(24)26(21)22/h1-17H. The van der Waals surface area contributed by atoms with Crippen LogP contribution in [0, 0.1) is 0 Å². The van der Waals surface area contributed by atoms with Gasteiger partial charge < -0.3 is 0 Å². The molecule has 3 nitrogen and oxygen atoms in total. The van der Waals surface area contributed by atoms with Crippen LogP contribution in [0.25, 0.3) is 33.0 Å². The molecule has 1 aromatic heterocycles. The number of hydrogen-bond acceptors (Lipinski definition) is 3. The zero-order valence-electron chi connectivity index (χ0n) is 15.7. The molecule has 136 valence electrons. The Labute approximate surface area is 168 Å². The number of para-hydroxylation sites is 1. The third-order valence-corrected chi connectivity index (χ3v) is 5.56. The molecule has 0 N–H and O–H groups in total. The molecule has 3 heteroatoms. The minimum Gasteiger partial charge on any atom is -0.293 e. The molecule has 1 aliphatic rings. The average Bonchev–Trinajstić information content (AvgIpc) is 3.13. The maximum absolute atomic E-state index is 4.60. The average molecular weight is 371 g/mol. The van der Waals surface area contributed by atoms with E-state index >= 15 is 0 Å². The van der Waals surface area contributed by atoms with Gasteiger partial charge in [-0.1, -0.05) is 66.7 Å². The first kappa shape index (κ1) is 16.0. The Morgan fingerprint density at radius 1 is 0.586 bits per heavy atom. The molecule has 6 rings (SSSR count). The topological polar surface area (TPSA) is 29.0 Å². The summed E-state index contributed by atoms with van der Waals surface area (Å²) in [6.45, 7) is 0. The van der Waals surface area contributed by atoms with Crippen LogP contribution < -0.4 is 4.90 Å². The van der Waals surface area contributed by atoms with E-state index < -0.39 is 0 Å². The summed E-state index contributed by atoms with van der Waals surface area (Å²) in [6, 6.07) is 30.0. The van der Waals surface area contributed by atoms with Gasteiger partial charge in [0.15, 0.2) is 5.82 Å². The van der Waals surface area contributed by atoms with Crippen molar-refractivity contribution in [2.24, 2.45) is 0 Å². The highest BCUT2D eigenvalue weighted by atomic mass is 15.2. The maximum atomic E-state index is 4.60. The fraction of sp³-hybridized carbons (Fsp3) is 0. The molecule has 29 heavy (non-hydrogen) atoms. The van der Waals surface area contributed by atoms with Crippen molar-refractivity contribution in [1.29, 1.82) is 0 Å². The van der Waals surface area contributed by atoms with E-state index in [0.717, 1.165) is 17.2 Å². The first-order chi connectivity index (χ1) is 14.4. The number of aromatic nitrogens is 2. The Balaban J connectivity index is 1.67. The van der Waals surface area contributed by atoms with E-state index in [1.165, 1.54) is 33.0 Å². The van der Waals surface area contributed by atoms with E-state index in [0.29, 0.717) is 0 Å². The molecule has 0 spiro atoms. The van der Waals surface area contributed by atoms with E-state index in [9.17, 15) is 0 Å². The number of anilines is 3. The van der Waals surface area contributed by atoms with Crippen LogP contribution in [0.2, 0.25) is 0 Å². The second kappa shape index (κ2) is 6.28. The van der Waals surface area contributed by atoms with Crippen molar-refractivity contribution in [2.75, 3.05) is 4.90 Å². The minimum atomic E-state index is 0.801. The minimum absolute atomic E-state index is 0.801. The highest BCUT2D eigenvalue weighted by molar-refractivity contribution is 6.19. The number of rotatable bonds is 3. The Bertz CT molecular complexity index is 1280. The monoisotopic (exact) mass is 371 g/mol.